The number of carbonyl (C=O) groups is 1. The summed E-state index contributed by atoms with van der Waals surface area (Å²) in [6, 6.07) is 13.6. The fourth-order valence-corrected chi connectivity index (χ4v) is 3.31. The molecule has 5 nitrogen and oxygen atoms in total. The Morgan fingerprint density at radius 2 is 1.71 bits per heavy atom. The minimum atomic E-state index is -3.85. The summed E-state index contributed by atoms with van der Waals surface area (Å²) in [6.07, 6.45) is 0. The highest BCUT2D eigenvalue weighted by Crippen LogP contribution is 2.15. The van der Waals surface area contributed by atoms with E-state index in [0.29, 0.717) is 0 Å². The van der Waals surface area contributed by atoms with E-state index in [2.05, 4.69) is 5.32 Å². The molecule has 0 radical (unpaired) electrons. The molecule has 1 amide bonds. The number of hydrogen-bond donors (Lipinski definition) is 1. The lowest BCUT2D eigenvalue weighted by Gasteiger charge is -2.19. The molecule has 0 aliphatic heterocycles. The molecule has 0 aliphatic rings. The molecule has 7 heteroatoms. The van der Waals surface area contributed by atoms with Gasteiger partial charge in [0, 0.05) is 7.05 Å². The van der Waals surface area contributed by atoms with E-state index in [-0.39, 0.29) is 17.5 Å². The zero-order valence-electron chi connectivity index (χ0n) is 13.4. The minimum Gasteiger partial charge on any atom is -0.348 e. The van der Waals surface area contributed by atoms with Crippen molar-refractivity contribution in [1.29, 1.82) is 0 Å². The molecular weight excluding hydrogens is 331 g/mol. The largest absolute Gasteiger partial charge is 0.348 e. The Hall–Kier alpha value is -2.25. The van der Waals surface area contributed by atoms with Crippen molar-refractivity contribution in [2.75, 3.05) is 13.6 Å². The third kappa shape index (κ3) is 4.39. The van der Waals surface area contributed by atoms with E-state index in [1.165, 1.54) is 19.2 Å². The van der Waals surface area contributed by atoms with Gasteiger partial charge >= 0.3 is 0 Å². The highest BCUT2D eigenvalue weighted by atomic mass is 32.2. The number of amides is 1. The number of sulfonamides is 1. The molecule has 0 spiro atoms. The van der Waals surface area contributed by atoms with Gasteiger partial charge in [0.1, 0.15) is 5.82 Å². The molecule has 0 saturated carbocycles. The standard InChI is InChI=1S/C17H19FN2O3S/c1-13(14-6-4-3-5-7-14)19-17(21)12-20(2)24(22,23)16-10-8-15(18)9-11-16/h3-11,13H,12H2,1-2H3,(H,19,21). The normalized spacial score (nSPS) is 12.8. The van der Waals surface area contributed by atoms with E-state index >= 15 is 0 Å². The molecule has 2 rings (SSSR count). The van der Waals surface area contributed by atoms with Crippen LogP contribution in [0.25, 0.3) is 0 Å². The maximum Gasteiger partial charge on any atom is 0.243 e. The van der Waals surface area contributed by atoms with Gasteiger partial charge in [-0.2, -0.15) is 4.31 Å². The Balaban J connectivity index is 2.01. The first-order valence-electron chi connectivity index (χ1n) is 7.37. The molecule has 2 aromatic rings. The van der Waals surface area contributed by atoms with Crippen LogP contribution in [0.1, 0.15) is 18.5 Å². The van der Waals surface area contributed by atoms with Gasteiger partial charge in [0.15, 0.2) is 0 Å². The summed E-state index contributed by atoms with van der Waals surface area (Å²) in [5.41, 5.74) is 0.926. The summed E-state index contributed by atoms with van der Waals surface area (Å²) in [4.78, 5) is 12.0. The summed E-state index contributed by atoms with van der Waals surface area (Å²) >= 11 is 0. The van der Waals surface area contributed by atoms with E-state index < -0.39 is 21.7 Å². The number of nitrogens with one attached hydrogen (secondary N) is 1. The molecule has 1 unspecified atom stereocenters. The van der Waals surface area contributed by atoms with Gasteiger partial charge < -0.3 is 5.32 Å². The number of benzene rings is 2. The van der Waals surface area contributed by atoms with Crippen molar-refractivity contribution in [2.45, 2.75) is 17.9 Å². The SMILES string of the molecule is CC(NC(=O)CN(C)S(=O)(=O)c1ccc(F)cc1)c1ccccc1. The predicted molar refractivity (Wildman–Crippen MR) is 89.2 cm³/mol. The van der Waals surface area contributed by atoms with Gasteiger partial charge in [-0.25, -0.2) is 12.8 Å². The molecule has 128 valence electrons. The van der Waals surface area contributed by atoms with Gasteiger partial charge in [-0.15, -0.1) is 0 Å². The van der Waals surface area contributed by atoms with E-state index in [1.54, 1.807) is 0 Å². The Kier molecular flexibility index (Phi) is 5.69. The quantitative estimate of drug-likeness (QED) is 0.869. The van der Waals surface area contributed by atoms with Crippen LogP contribution >= 0.6 is 0 Å². The van der Waals surface area contributed by atoms with Crippen LogP contribution in [0.3, 0.4) is 0 Å². The first kappa shape index (κ1) is 18.1. The molecule has 24 heavy (non-hydrogen) atoms. The average Bonchev–Trinajstić information content (AvgIpc) is 2.55. The van der Waals surface area contributed by atoms with Crippen LogP contribution in [-0.2, 0) is 14.8 Å². The molecule has 0 bridgehead atoms. The van der Waals surface area contributed by atoms with Crippen LogP contribution in [0.15, 0.2) is 59.5 Å². The monoisotopic (exact) mass is 350 g/mol. The lowest BCUT2D eigenvalue weighted by atomic mass is 10.1. The third-order valence-corrected chi connectivity index (χ3v) is 5.38. The fourth-order valence-electron chi connectivity index (χ4n) is 2.19. The molecule has 1 atom stereocenters. The van der Waals surface area contributed by atoms with Crippen molar-refractivity contribution in [1.82, 2.24) is 9.62 Å². The van der Waals surface area contributed by atoms with E-state index in [1.807, 2.05) is 37.3 Å². The van der Waals surface area contributed by atoms with Crippen molar-refractivity contribution in [3.63, 3.8) is 0 Å². The average molecular weight is 350 g/mol. The summed E-state index contributed by atoms with van der Waals surface area (Å²) in [5.74, 6) is -0.939. The van der Waals surface area contributed by atoms with Crippen LogP contribution in [-0.4, -0.2) is 32.2 Å². The molecule has 0 aliphatic carbocycles. The molecule has 2 aromatic carbocycles. The molecule has 0 aromatic heterocycles. The van der Waals surface area contributed by atoms with Gasteiger partial charge in [0.25, 0.3) is 0 Å². The van der Waals surface area contributed by atoms with Gasteiger partial charge in [0.2, 0.25) is 15.9 Å². The number of carbonyl (C=O) groups excluding carboxylic acids is 1. The topological polar surface area (TPSA) is 66.5 Å². The van der Waals surface area contributed by atoms with Gasteiger partial charge in [-0.05, 0) is 36.8 Å². The second-order valence-corrected chi connectivity index (χ2v) is 7.46. The molecule has 1 N–H and O–H groups in total. The number of nitrogens with zero attached hydrogens (tertiary/aromatic N) is 1. The zero-order valence-corrected chi connectivity index (χ0v) is 14.3. The Morgan fingerprint density at radius 3 is 2.29 bits per heavy atom. The van der Waals surface area contributed by atoms with Crippen molar-refractivity contribution >= 4 is 15.9 Å². The van der Waals surface area contributed by atoms with Crippen molar-refractivity contribution in [3.8, 4) is 0 Å². The van der Waals surface area contributed by atoms with E-state index in [9.17, 15) is 17.6 Å². The highest BCUT2D eigenvalue weighted by molar-refractivity contribution is 7.89. The highest BCUT2D eigenvalue weighted by Gasteiger charge is 2.23. The number of halogens is 1. The Labute approximate surface area is 141 Å². The second kappa shape index (κ2) is 7.55. The third-order valence-electron chi connectivity index (χ3n) is 3.57. The fraction of sp³-hybridized carbons (Fsp3) is 0.235. The van der Waals surface area contributed by atoms with Crippen molar-refractivity contribution in [2.24, 2.45) is 0 Å². The molecular formula is C17H19FN2O3S. The first-order chi connectivity index (χ1) is 11.3. The second-order valence-electron chi connectivity index (χ2n) is 5.41. The van der Waals surface area contributed by atoms with Gasteiger partial charge in [0.05, 0.1) is 17.5 Å². The van der Waals surface area contributed by atoms with Crippen LogP contribution < -0.4 is 5.32 Å². The first-order valence-corrected chi connectivity index (χ1v) is 8.81. The van der Waals surface area contributed by atoms with Crippen LogP contribution in [0.4, 0.5) is 4.39 Å². The summed E-state index contributed by atoms with van der Waals surface area (Å²) in [5, 5.41) is 2.75. The molecule has 0 fully saturated rings. The Morgan fingerprint density at radius 1 is 1.12 bits per heavy atom. The maximum atomic E-state index is 12.9. The van der Waals surface area contributed by atoms with Gasteiger partial charge in [-0.1, -0.05) is 30.3 Å². The minimum absolute atomic E-state index is 0.0599. The zero-order chi connectivity index (χ0) is 17.7. The number of rotatable bonds is 6. The van der Waals surface area contributed by atoms with Crippen molar-refractivity contribution < 1.29 is 17.6 Å². The van der Waals surface area contributed by atoms with E-state index in [0.717, 1.165) is 22.0 Å². The summed E-state index contributed by atoms with van der Waals surface area (Å²) in [6.45, 7) is 1.50. The summed E-state index contributed by atoms with van der Waals surface area (Å²) < 4.78 is 38.6. The lowest BCUT2D eigenvalue weighted by Crippen LogP contribution is -2.39. The summed E-state index contributed by atoms with van der Waals surface area (Å²) in [7, 11) is -2.53. The van der Waals surface area contributed by atoms with E-state index in [4.69, 9.17) is 0 Å². The number of likely N-dealkylation sites (N-methyl/N-ethyl adjacent to an activating group) is 1. The number of hydrogen-bond acceptors (Lipinski definition) is 3. The van der Waals surface area contributed by atoms with Crippen LogP contribution in [0, 0.1) is 5.82 Å². The van der Waals surface area contributed by atoms with Crippen LogP contribution in [0.2, 0.25) is 0 Å². The molecule has 0 saturated heterocycles. The lowest BCUT2D eigenvalue weighted by molar-refractivity contribution is -0.121. The van der Waals surface area contributed by atoms with Gasteiger partial charge in [-0.3, -0.25) is 4.79 Å². The molecule has 0 heterocycles. The predicted octanol–water partition coefficient (Wildman–Crippen LogP) is 2.32. The van der Waals surface area contributed by atoms with Crippen molar-refractivity contribution in [3.05, 3.63) is 66.0 Å². The Bertz CT molecular complexity index is 792. The smallest absolute Gasteiger partial charge is 0.243 e. The van der Waals surface area contributed by atoms with Crippen LogP contribution in [0.5, 0.6) is 0 Å². The maximum absolute atomic E-state index is 12.9.